The van der Waals surface area contributed by atoms with Crippen LogP contribution in [-0.2, 0) is 5.41 Å². The van der Waals surface area contributed by atoms with Crippen LogP contribution in [0.25, 0.3) is 66.4 Å². The summed E-state index contributed by atoms with van der Waals surface area (Å²) in [6.45, 7) is 4.73. The first-order valence-electron chi connectivity index (χ1n) is 19.5. The van der Waals surface area contributed by atoms with Crippen LogP contribution < -0.4 is 4.90 Å². The van der Waals surface area contributed by atoms with Gasteiger partial charge in [-0.3, -0.25) is 0 Å². The summed E-state index contributed by atoms with van der Waals surface area (Å²) >= 11 is 0. The maximum atomic E-state index is 2.41. The summed E-state index contributed by atoms with van der Waals surface area (Å²) in [4.78, 5) is 2.41. The minimum atomic E-state index is -0.0915. The maximum Gasteiger partial charge on any atom is 0.0467 e. The van der Waals surface area contributed by atoms with Crippen LogP contribution in [0.3, 0.4) is 0 Å². The molecule has 1 aliphatic carbocycles. The van der Waals surface area contributed by atoms with E-state index in [2.05, 4.69) is 231 Å². The van der Waals surface area contributed by atoms with Gasteiger partial charge in [0.15, 0.2) is 0 Å². The fraction of sp³-hybridized carbons (Fsp3) is 0.0545. The van der Waals surface area contributed by atoms with Crippen LogP contribution in [0.15, 0.2) is 212 Å². The molecule has 0 amide bonds. The predicted octanol–water partition coefficient (Wildman–Crippen LogP) is 15.3. The molecule has 0 spiro atoms. The third-order valence-electron chi connectivity index (χ3n) is 11.6. The van der Waals surface area contributed by atoms with Gasteiger partial charge in [-0.15, -0.1) is 0 Å². The maximum absolute atomic E-state index is 2.41. The molecule has 0 radical (unpaired) electrons. The van der Waals surface area contributed by atoms with Crippen molar-refractivity contribution in [3.8, 4) is 55.6 Å². The van der Waals surface area contributed by atoms with Crippen molar-refractivity contribution in [2.24, 2.45) is 0 Å². The average molecular weight is 716 g/mol. The number of nitrogens with zero attached hydrogens (tertiary/aromatic N) is 1. The minimum Gasteiger partial charge on any atom is -0.310 e. The van der Waals surface area contributed by atoms with Gasteiger partial charge in [0, 0.05) is 22.5 Å². The Kier molecular flexibility index (Phi) is 8.23. The van der Waals surface area contributed by atoms with E-state index in [1.165, 1.54) is 77.5 Å². The molecular weight excluding hydrogens is 675 g/mol. The van der Waals surface area contributed by atoms with Crippen LogP contribution in [-0.4, -0.2) is 0 Å². The van der Waals surface area contributed by atoms with Crippen LogP contribution >= 0.6 is 0 Å². The van der Waals surface area contributed by atoms with E-state index in [1.54, 1.807) is 0 Å². The summed E-state index contributed by atoms with van der Waals surface area (Å²) in [5.41, 5.74) is 18.4. The summed E-state index contributed by atoms with van der Waals surface area (Å²) in [6.07, 6.45) is 0. The Labute approximate surface area is 329 Å². The van der Waals surface area contributed by atoms with Gasteiger partial charge in [-0.2, -0.15) is 0 Å². The molecule has 1 nitrogen and oxygen atoms in total. The van der Waals surface area contributed by atoms with E-state index < -0.39 is 0 Å². The molecule has 0 heterocycles. The van der Waals surface area contributed by atoms with E-state index in [9.17, 15) is 0 Å². The summed E-state index contributed by atoms with van der Waals surface area (Å²) in [5, 5.41) is 2.49. The van der Waals surface area contributed by atoms with E-state index in [0.29, 0.717) is 0 Å². The van der Waals surface area contributed by atoms with Crippen molar-refractivity contribution in [3.05, 3.63) is 223 Å². The summed E-state index contributed by atoms with van der Waals surface area (Å²) in [6, 6.07) is 77.5. The van der Waals surface area contributed by atoms with Gasteiger partial charge in [-0.05, 0) is 114 Å². The normalized spacial score (nSPS) is 12.6. The number of hydrogen-bond acceptors (Lipinski definition) is 1. The predicted molar refractivity (Wildman–Crippen MR) is 238 cm³/mol. The molecule has 1 heteroatoms. The Morgan fingerprint density at radius 3 is 1.55 bits per heavy atom. The zero-order valence-electron chi connectivity index (χ0n) is 31.7. The Morgan fingerprint density at radius 2 is 0.804 bits per heavy atom. The van der Waals surface area contributed by atoms with Gasteiger partial charge in [0.1, 0.15) is 0 Å². The van der Waals surface area contributed by atoms with E-state index in [-0.39, 0.29) is 5.41 Å². The van der Waals surface area contributed by atoms with Crippen LogP contribution in [0.2, 0.25) is 0 Å². The lowest BCUT2D eigenvalue weighted by Gasteiger charge is -2.27. The van der Waals surface area contributed by atoms with Gasteiger partial charge in [-0.1, -0.05) is 190 Å². The quantitative estimate of drug-likeness (QED) is 0.159. The van der Waals surface area contributed by atoms with Gasteiger partial charge < -0.3 is 4.90 Å². The van der Waals surface area contributed by atoms with Crippen LogP contribution in [0, 0.1) is 0 Å². The molecule has 9 aromatic rings. The van der Waals surface area contributed by atoms with Gasteiger partial charge in [0.2, 0.25) is 0 Å². The van der Waals surface area contributed by atoms with E-state index in [0.717, 1.165) is 17.1 Å². The molecule has 0 N–H and O–H groups in total. The molecule has 0 unspecified atom stereocenters. The molecule has 0 aromatic heterocycles. The molecule has 0 fully saturated rings. The van der Waals surface area contributed by atoms with Crippen molar-refractivity contribution in [1.29, 1.82) is 0 Å². The lowest BCUT2D eigenvalue weighted by atomic mass is 9.79. The monoisotopic (exact) mass is 715 g/mol. The van der Waals surface area contributed by atoms with Crippen molar-refractivity contribution >= 4 is 27.8 Å². The minimum absolute atomic E-state index is 0.0915. The zero-order valence-corrected chi connectivity index (χ0v) is 31.7. The summed E-state index contributed by atoms with van der Waals surface area (Å²) in [7, 11) is 0. The zero-order chi connectivity index (χ0) is 37.6. The number of fused-ring (bicyclic) bond motifs is 4. The van der Waals surface area contributed by atoms with Crippen LogP contribution in [0.1, 0.15) is 25.0 Å². The van der Waals surface area contributed by atoms with Gasteiger partial charge in [0.25, 0.3) is 0 Å². The lowest BCUT2D eigenvalue weighted by molar-refractivity contribution is 0.662. The molecule has 266 valence electrons. The average Bonchev–Trinajstić information content (AvgIpc) is 3.50. The molecule has 0 saturated carbocycles. The van der Waals surface area contributed by atoms with Crippen LogP contribution in [0.5, 0.6) is 0 Å². The second-order valence-electron chi connectivity index (χ2n) is 15.3. The molecule has 0 aliphatic heterocycles. The highest BCUT2D eigenvalue weighted by atomic mass is 15.1. The van der Waals surface area contributed by atoms with Crippen molar-refractivity contribution in [2.45, 2.75) is 19.3 Å². The first-order chi connectivity index (χ1) is 27.5. The molecule has 0 saturated heterocycles. The second kappa shape index (κ2) is 13.7. The Bertz CT molecular complexity index is 2880. The van der Waals surface area contributed by atoms with E-state index >= 15 is 0 Å². The molecule has 1 aliphatic rings. The SMILES string of the molecule is CC1(C)c2ccccc2-c2cccc(-c3ccc(N(c4cccc(-c5ccccc5-c5ccccc5)c4)c4cccc(-c5cccc6ccccc56)c4)cc3)c21. The summed E-state index contributed by atoms with van der Waals surface area (Å²) < 4.78 is 0. The lowest BCUT2D eigenvalue weighted by Crippen LogP contribution is -2.16. The molecular formula is C55H41N. The molecule has 10 rings (SSSR count). The van der Waals surface area contributed by atoms with Gasteiger partial charge in [-0.25, -0.2) is 0 Å². The Morgan fingerprint density at radius 1 is 0.321 bits per heavy atom. The molecule has 0 bridgehead atoms. The highest BCUT2D eigenvalue weighted by Gasteiger charge is 2.37. The topological polar surface area (TPSA) is 3.24 Å². The van der Waals surface area contributed by atoms with Gasteiger partial charge in [0.05, 0.1) is 0 Å². The largest absolute Gasteiger partial charge is 0.310 e. The summed E-state index contributed by atoms with van der Waals surface area (Å²) in [5.74, 6) is 0. The molecule has 9 aromatic carbocycles. The smallest absolute Gasteiger partial charge is 0.0467 e. The van der Waals surface area contributed by atoms with Gasteiger partial charge >= 0.3 is 0 Å². The number of hydrogen-bond donors (Lipinski definition) is 0. The van der Waals surface area contributed by atoms with E-state index in [4.69, 9.17) is 0 Å². The standard InChI is InChI=1S/C55H41N/c1-55(2)53-31-11-10-27-51(53)52-30-15-29-50(54(52)55)40-32-34-43(35-33-40)56(45-23-13-21-42(37-45)49-28-14-19-39-18-6-7-24-47(39)49)44-22-12-20-41(36-44)48-26-9-8-25-46(48)38-16-4-3-5-17-38/h3-37H,1-2H3. The number of rotatable bonds is 7. The molecule has 0 atom stereocenters. The highest BCUT2D eigenvalue weighted by Crippen LogP contribution is 2.52. The fourth-order valence-corrected chi connectivity index (χ4v) is 9.03. The second-order valence-corrected chi connectivity index (χ2v) is 15.3. The van der Waals surface area contributed by atoms with Crippen molar-refractivity contribution in [2.75, 3.05) is 4.90 Å². The van der Waals surface area contributed by atoms with Crippen molar-refractivity contribution in [1.82, 2.24) is 0 Å². The Balaban J connectivity index is 1.11. The van der Waals surface area contributed by atoms with Crippen molar-refractivity contribution in [3.63, 3.8) is 0 Å². The molecule has 56 heavy (non-hydrogen) atoms. The highest BCUT2D eigenvalue weighted by molar-refractivity contribution is 5.98. The third-order valence-corrected chi connectivity index (χ3v) is 11.6. The first-order valence-corrected chi connectivity index (χ1v) is 19.5. The number of benzene rings is 9. The van der Waals surface area contributed by atoms with Crippen molar-refractivity contribution < 1.29 is 0 Å². The first kappa shape index (κ1) is 33.6. The third kappa shape index (κ3) is 5.72. The number of anilines is 3. The fourth-order valence-electron chi connectivity index (χ4n) is 9.03. The van der Waals surface area contributed by atoms with E-state index in [1.807, 2.05) is 0 Å². The Hall–Kier alpha value is -6.96. The van der Waals surface area contributed by atoms with Crippen LogP contribution in [0.4, 0.5) is 17.1 Å².